The highest BCUT2D eigenvalue weighted by atomic mass is 19.1. The van der Waals surface area contributed by atoms with E-state index >= 15 is 0 Å². The van der Waals surface area contributed by atoms with Gasteiger partial charge in [0.05, 0.1) is 6.61 Å². The molecule has 3 nitrogen and oxygen atoms in total. The van der Waals surface area contributed by atoms with E-state index in [9.17, 15) is 9.18 Å². The van der Waals surface area contributed by atoms with Crippen molar-refractivity contribution in [1.82, 2.24) is 5.32 Å². The number of nitrogens with one attached hydrogen (secondary N) is 1. The van der Waals surface area contributed by atoms with Crippen molar-refractivity contribution >= 4 is 5.97 Å². The number of carbonyl (C=O) groups is 1. The summed E-state index contributed by atoms with van der Waals surface area (Å²) in [5.41, 5.74) is 0. The van der Waals surface area contributed by atoms with Crippen LogP contribution in [0.15, 0.2) is 0 Å². The summed E-state index contributed by atoms with van der Waals surface area (Å²) in [6, 6.07) is -0.205. The number of hydrogen-bond donors (Lipinski definition) is 1. The number of esters is 1. The fraction of sp³-hybridized carbons (Fsp3) is 0.889. The van der Waals surface area contributed by atoms with E-state index in [1.807, 2.05) is 0 Å². The minimum absolute atomic E-state index is 0.149. The van der Waals surface area contributed by atoms with Crippen molar-refractivity contribution in [3.05, 3.63) is 0 Å². The molecule has 0 amide bonds. The highest BCUT2D eigenvalue weighted by molar-refractivity contribution is 5.77. The van der Waals surface area contributed by atoms with Crippen LogP contribution >= 0.6 is 0 Å². The van der Waals surface area contributed by atoms with Crippen LogP contribution in [-0.2, 0) is 9.53 Å². The van der Waals surface area contributed by atoms with Crippen LogP contribution < -0.4 is 5.32 Å². The van der Waals surface area contributed by atoms with Gasteiger partial charge in [0.25, 0.3) is 0 Å². The average Bonchev–Trinajstić information content (AvgIpc) is 2.62. The molecule has 2 aliphatic rings. The van der Waals surface area contributed by atoms with Crippen LogP contribution in [0.4, 0.5) is 4.39 Å². The van der Waals surface area contributed by atoms with Crippen LogP contribution in [0.2, 0.25) is 0 Å². The number of rotatable bonds is 2. The van der Waals surface area contributed by atoms with Gasteiger partial charge in [0.2, 0.25) is 0 Å². The molecule has 4 atom stereocenters. The normalized spacial score (nSPS) is 42.3. The first-order chi connectivity index (χ1) is 6.22. The van der Waals surface area contributed by atoms with Crippen molar-refractivity contribution in [3.8, 4) is 0 Å². The first kappa shape index (κ1) is 8.94. The second-order valence-electron chi connectivity index (χ2n) is 3.74. The monoisotopic (exact) mass is 187 g/mol. The van der Waals surface area contributed by atoms with Crippen LogP contribution in [0.5, 0.6) is 0 Å². The summed E-state index contributed by atoms with van der Waals surface area (Å²) in [4.78, 5) is 11.3. The van der Waals surface area contributed by atoms with Gasteiger partial charge in [-0.05, 0) is 19.8 Å². The third kappa shape index (κ3) is 1.43. The summed E-state index contributed by atoms with van der Waals surface area (Å²) in [5, 5.41) is 3.09. The molecule has 13 heavy (non-hydrogen) atoms. The first-order valence-corrected chi connectivity index (χ1v) is 4.79. The van der Waals surface area contributed by atoms with E-state index in [0.29, 0.717) is 13.0 Å². The molecular weight excluding hydrogens is 173 g/mol. The number of ether oxygens (including phenoxy) is 1. The van der Waals surface area contributed by atoms with E-state index in [2.05, 4.69) is 5.32 Å². The van der Waals surface area contributed by atoms with Gasteiger partial charge in [-0.25, -0.2) is 4.39 Å². The Morgan fingerprint density at radius 3 is 2.92 bits per heavy atom. The van der Waals surface area contributed by atoms with E-state index in [4.69, 9.17) is 4.74 Å². The Morgan fingerprint density at radius 2 is 2.38 bits per heavy atom. The molecule has 0 aromatic heterocycles. The summed E-state index contributed by atoms with van der Waals surface area (Å²) in [6.45, 7) is 2.13. The standard InChI is InChI=1S/C9H14FNO2/c1-2-13-9(12)8-6-3-5(11-8)4-7(6)10/h5-8,11H,2-4H2,1H3/t5-,6-,7+,8+/m1/s1. The second kappa shape index (κ2) is 3.25. The van der Waals surface area contributed by atoms with Crippen molar-refractivity contribution < 1.29 is 13.9 Å². The van der Waals surface area contributed by atoms with E-state index in [0.717, 1.165) is 6.42 Å². The first-order valence-electron chi connectivity index (χ1n) is 4.79. The molecule has 74 valence electrons. The fourth-order valence-electron chi connectivity index (χ4n) is 2.35. The van der Waals surface area contributed by atoms with Crippen LogP contribution in [0.3, 0.4) is 0 Å². The minimum atomic E-state index is -0.819. The lowest BCUT2D eigenvalue weighted by Gasteiger charge is -2.23. The molecule has 0 radical (unpaired) electrons. The molecule has 0 aromatic carbocycles. The molecule has 1 saturated carbocycles. The molecule has 1 aliphatic heterocycles. The number of halogens is 1. The minimum Gasteiger partial charge on any atom is -0.465 e. The summed E-state index contributed by atoms with van der Waals surface area (Å²) in [7, 11) is 0. The van der Waals surface area contributed by atoms with E-state index < -0.39 is 12.2 Å². The summed E-state index contributed by atoms with van der Waals surface area (Å²) < 4.78 is 18.1. The molecule has 1 N–H and O–H groups in total. The van der Waals surface area contributed by atoms with E-state index in [-0.39, 0.29) is 17.9 Å². The van der Waals surface area contributed by atoms with Crippen LogP contribution in [-0.4, -0.2) is 30.8 Å². The highest BCUT2D eigenvalue weighted by Crippen LogP contribution is 2.37. The van der Waals surface area contributed by atoms with Crippen LogP contribution in [0, 0.1) is 5.92 Å². The van der Waals surface area contributed by atoms with E-state index in [1.54, 1.807) is 6.92 Å². The van der Waals surface area contributed by atoms with Gasteiger partial charge in [0, 0.05) is 12.0 Å². The van der Waals surface area contributed by atoms with Gasteiger partial charge in [-0.3, -0.25) is 4.79 Å². The van der Waals surface area contributed by atoms with Gasteiger partial charge in [-0.1, -0.05) is 0 Å². The molecule has 2 rings (SSSR count). The number of fused-ring (bicyclic) bond motifs is 2. The van der Waals surface area contributed by atoms with Crippen LogP contribution in [0.25, 0.3) is 0 Å². The Morgan fingerprint density at radius 1 is 1.62 bits per heavy atom. The quantitative estimate of drug-likeness (QED) is 0.645. The molecule has 0 spiro atoms. The van der Waals surface area contributed by atoms with Crippen molar-refractivity contribution in [2.75, 3.05) is 6.61 Å². The Labute approximate surface area is 76.6 Å². The third-order valence-electron chi connectivity index (χ3n) is 2.91. The number of piperidine rings is 1. The Balaban J connectivity index is 1.99. The van der Waals surface area contributed by atoms with Crippen LogP contribution in [0.1, 0.15) is 19.8 Å². The SMILES string of the molecule is CCOC(=O)[C@H]1N[C@@H]2C[C@@H]1[C@@H](F)C2. The van der Waals surface area contributed by atoms with Crippen molar-refractivity contribution in [2.45, 2.75) is 38.0 Å². The van der Waals surface area contributed by atoms with Gasteiger partial charge in [0.15, 0.2) is 0 Å². The van der Waals surface area contributed by atoms with Gasteiger partial charge < -0.3 is 10.1 Å². The number of hydrogen-bond acceptors (Lipinski definition) is 3. The van der Waals surface area contributed by atoms with Crippen molar-refractivity contribution in [1.29, 1.82) is 0 Å². The molecule has 1 aliphatic carbocycles. The molecular formula is C9H14FNO2. The molecule has 0 unspecified atom stereocenters. The Hall–Kier alpha value is -0.640. The molecule has 1 heterocycles. The topological polar surface area (TPSA) is 38.3 Å². The van der Waals surface area contributed by atoms with Gasteiger partial charge in [-0.2, -0.15) is 0 Å². The molecule has 2 fully saturated rings. The number of carbonyl (C=O) groups excluding carboxylic acids is 1. The van der Waals surface area contributed by atoms with Crippen molar-refractivity contribution in [3.63, 3.8) is 0 Å². The Bertz CT molecular complexity index is 222. The highest BCUT2D eigenvalue weighted by Gasteiger charge is 2.49. The maximum absolute atomic E-state index is 13.2. The van der Waals surface area contributed by atoms with Gasteiger partial charge in [0.1, 0.15) is 12.2 Å². The lowest BCUT2D eigenvalue weighted by Crippen LogP contribution is -2.46. The fourth-order valence-corrected chi connectivity index (χ4v) is 2.35. The summed E-state index contributed by atoms with van der Waals surface area (Å²) in [6.07, 6.45) is 0.520. The molecule has 1 saturated heterocycles. The smallest absolute Gasteiger partial charge is 0.323 e. The van der Waals surface area contributed by atoms with Gasteiger partial charge >= 0.3 is 5.97 Å². The third-order valence-corrected chi connectivity index (χ3v) is 2.91. The Kier molecular flexibility index (Phi) is 2.24. The van der Waals surface area contributed by atoms with Crippen molar-refractivity contribution in [2.24, 2.45) is 5.92 Å². The second-order valence-corrected chi connectivity index (χ2v) is 3.74. The zero-order valence-corrected chi connectivity index (χ0v) is 7.63. The maximum atomic E-state index is 13.2. The average molecular weight is 187 g/mol. The predicted molar refractivity (Wildman–Crippen MR) is 45.0 cm³/mol. The zero-order chi connectivity index (χ0) is 9.42. The lowest BCUT2D eigenvalue weighted by molar-refractivity contribution is -0.147. The summed E-state index contributed by atoms with van der Waals surface area (Å²) in [5.74, 6) is -0.443. The number of alkyl halides is 1. The lowest BCUT2D eigenvalue weighted by atomic mass is 9.98. The largest absolute Gasteiger partial charge is 0.465 e. The molecule has 0 aromatic rings. The molecule has 4 heteroatoms. The predicted octanol–water partition coefficient (Wildman–Crippen LogP) is 0.638. The van der Waals surface area contributed by atoms with Gasteiger partial charge in [-0.15, -0.1) is 0 Å². The maximum Gasteiger partial charge on any atom is 0.323 e. The van der Waals surface area contributed by atoms with E-state index in [1.165, 1.54) is 0 Å². The summed E-state index contributed by atoms with van der Waals surface area (Å²) >= 11 is 0. The zero-order valence-electron chi connectivity index (χ0n) is 7.63. The molecule has 2 bridgehead atoms.